The van der Waals surface area contributed by atoms with Crippen molar-refractivity contribution in [2.45, 2.75) is 6.54 Å². The van der Waals surface area contributed by atoms with Crippen LogP contribution in [-0.4, -0.2) is 19.8 Å². The Kier molecular flexibility index (Phi) is 4.48. The van der Waals surface area contributed by atoms with Crippen LogP contribution in [0.25, 0.3) is 16.9 Å². The van der Waals surface area contributed by atoms with Gasteiger partial charge in [-0.05, 0) is 33.6 Å². The number of rotatable bonds is 4. The lowest BCUT2D eigenvalue weighted by molar-refractivity contribution is -0.903. The fourth-order valence-electron chi connectivity index (χ4n) is 2.63. The summed E-state index contributed by atoms with van der Waals surface area (Å²) in [4.78, 5) is 4.70. The number of nitrogens with one attached hydrogen (secondary N) is 1. The lowest BCUT2D eigenvalue weighted by atomic mass is 10.1. The molecule has 1 aromatic carbocycles. The Morgan fingerprint density at radius 1 is 1.19 bits per heavy atom. The molecule has 130 valence electrons. The predicted molar refractivity (Wildman–Crippen MR) is 102 cm³/mol. The van der Waals surface area contributed by atoms with Crippen LogP contribution in [-0.2, 0) is 6.54 Å². The van der Waals surface area contributed by atoms with Crippen LogP contribution in [0, 0.1) is 0 Å². The number of nitrogens with zero attached hydrogens (tertiary/aromatic N) is 4. The van der Waals surface area contributed by atoms with Crippen LogP contribution in [0.3, 0.4) is 0 Å². The maximum Gasteiger partial charge on any atom is 0.325 e. The molecule has 26 heavy (non-hydrogen) atoms. The Morgan fingerprint density at radius 3 is 2.77 bits per heavy atom. The first-order valence-corrected chi connectivity index (χ1v) is 9.02. The summed E-state index contributed by atoms with van der Waals surface area (Å²) >= 11 is 9.33. The highest BCUT2D eigenvalue weighted by Crippen LogP contribution is 2.26. The van der Waals surface area contributed by atoms with Gasteiger partial charge in [0.1, 0.15) is 5.82 Å². The minimum atomic E-state index is 0.252. The zero-order valence-corrected chi connectivity index (χ0v) is 15.8. The molecule has 3 heterocycles. The van der Waals surface area contributed by atoms with Crippen LogP contribution in [0.15, 0.2) is 65.4 Å². The van der Waals surface area contributed by atoms with E-state index in [-0.39, 0.29) is 5.15 Å². The standard InChI is InChI=1S/C18H14BrClN5O/c19-14-10-22-25-17(21-9-12-6-7-16(20)24(26)11-12)8-15(23-18(14)25)13-4-2-1-3-5-13/h1-8,10-11,21,26H,9H2/q+1. The Labute approximate surface area is 162 Å². The van der Waals surface area contributed by atoms with Gasteiger partial charge in [-0.2, -0.15) is 9.61 Å². The molecule has 0 saturated carbocycles. The van der Waals surface area contributed by atoms with Crippen molar-refractivity contribution < 1.29 is 9.94 Å². The van der Waals surface area contributed by atoms with Crippen molar-refractivity contribution in [3.63, 3.8) is 0 Å². The first-order chi connectivity index (χ1) is 12.6. The van der Waals surface area contributed by atoms with Crippen LogP contribution >= 0.6 is 27.5 Å². The number of benzene rings is 1. The molecule has 0 unspecified atom stereocenters. The minimum Gasteiger partial charge on any atom is -0.366 e. The smallest absolute Gasteiger partial charge is 0.325 e. The molecule has 0 aliphatic rings. The Hall–Kier alpha value is -2.64. The molecule has 0 bridgehead atoms. The molecular formula is C18H14BrClN5O+. The van der Waals surface area contributed by atoms with E-state index in [0.29, 0.717) is 6.54 Å². The Balaban J connectivity index is 1.72. The third kappa shape index (κ3) is 3.23. The van der Waals surface area contributed by atoms with Crippen molar-refractivity contribution in [3.05, 3.63) is 76.1 Å². The molecule has 0 spiro atoms. The maximum atomic E-state index is 9.69. The summed E-state index contributed by atoms with van der Waals surface area (Å²) < 4.78 is 3.44. The van der Waals surface area contributed by atoms with Gasteiger partial charge in [-0.1, -0.05) is 30.3 Å². The quantitative estimate of drug-likeness (QED) is 0.292. The normalized spacial score (nSPS) is 11.0. The molecule has 2 N–H and O–H groups in total. The highest BCUT2D eigenvalue weighted by atomic mass is 79.9. The van der Waals surface area contributed by atoms with Gasteiger partial charge >= 0.3 is 5.15 Å². The number of hydrogen-bond donors (Lipinski definition) is 2. The summed E-state index contributed by atoms with van der Waals surface area (Å²) in [6.45, 7) is 0.489. The van der Waals surface area contributed by atoms with E-state index in [2.05, 4.69) is 26.3 Å². The zero-order valence-electron chi connectivity index (χ0n) is 13.5. The summed E-state index contributed by atoms with van der Waals surface area (Å²) in [7, 11) is 0. The largest absolute Gasteiger partial charge is 0.366 e. The summed E-state index contributed by atoms with van der Waals surface area (Å²) in [5.74, 6) is 0.791. The molecule has 8 heteroatoms. The average Bonchev–Trinajstić information content (AvgIpc) is 3.04. The van der Waals surface area contributed by atoms with Crippen LogP contribution in [0.2, 0.25) is 5.15 Å². The second-order valence-electron chi connectivity index (χ2n) is 5.68. The van der Waals surface area contributed by atoms with E-state index < -0.39 is 0 Å². The SMILES string of the molecule is O[n+]1cc(CNc2cc(-c3ccccc3)nc3c(Br)cnn23)ccc1Cl. The summed E-state index contributed by atoms with van der Waals surface area (Å²) in [6.07, 6.45) is 3.27. The van der Waals surface area contributed by atoms with E-state index in [1.54, 1.807) is 23.0 Å². The average molecular weight is 432 g/mol. The van der Waals surface area contributed by atoms with Crippen LogP contribution in [0.4, 0.5) is 5.82 Å². The van der Waals surface area contributed by atoms with Crippen molar-refractivity contribution >= 4 is 39.0 Å². The Morgan fingerprint density at radius 2 is 2.00 bits per heavy atom. The van der Waals surface area contributed by atoms with E-state index in [9.17, 15) is 5.21 Å². The van der Waals surface area contributed by atoms with Crippen LogP contribution in [0.1, 0.15) is 5.56 Å². The second kappa shape index (κ2) is 6.93. The summed E-state index contributed by atoms with van der Waals surface area (Å²) in [6, 6.07) is 15.4. The zero-order chi connectivity index (χ0) is 18.1. The van der Waals surface area contributed by atoms with Gasteiger partial charge in [-0.25, -0.2) is 4.98 Å². The number of fused-ring (bicyclic) bond motifs is 1. The number of aromatic nitrogens is 4. The van der Waals surface area contributed by atoms with Gasteiger partial charge < -0.3 is 5.32 Å². The first kappa shape index (κ1) is 16.8. The maximum absolute atomic E-state index is 9.69. The van der Waals surface area contributed by atoms with E-state index >= 15 is 0 Å². The van der Waals surface area contributed by atoms with E-state index in [4.69, 9.17) is 16.6 Å². The topological polar surface area (TPSA) is 66.3 Å². The summed E-state index contributed by atoms with van der Waals surface area (Å²) in [5, 5.41) is 17.7. The van der Waals surface area contributed by atoms with Gasteiger partial charge in [0.25, 0.3) is 0 Å². The van der Waals surface area contributed by atoms with Gasteiger partial charge in [0.2, 0.25) is 6.20 Å². The van der Waals surface area contributed by atoms with Crippen molar-refractivity contribution in [3.8, 4) is 11.3 Å². The van der Waals surface area contributed by atoms with Crippen LogP contribution < -0.4 is 10.0 Å². The molecule has 6 nitrogen and oxygen atoms in total. The van der Waals surface area contributed by atoms with Crippen molar-refractivity contribution in [2.24, 2.45) is 0 Å². The molecule has 0 atom stereocenters. The highest BCUT2D eigenvalue weighted by molar-refractivity contribution is 9.10. The first-order valence-electron chi connectivity index (χ1n) is 7.85. The lowest BCUT2D eigenvalue weighted by Gasteiger charge is -2.10. The van der Waals surface area contributed by atoms with E-state index in [0.717, 1.165) is 37.5 Å². The van der Waals surface area contributed by atoms with E-state index in [1.807, 2.05) is 42.5 Å². The van der Waals surface area contributed by atoms with Crippen molar-refractivity contribution in [1.82, 2.24) is 14.6 Å². The molecule has 0 saturated heterocycles. The van der Waals surface area contributed by atoms with Crippen molar-refractivity contribution in [1.29, 1.82) is 0 Å². The molecule has 0 radical (unpaired) electrons. The fourth-order valence-corrected chi connectivity index (χ4v) is 3.09. The fraction of sp³-hybridized carbons (Fsp3) is 0.0556. The van der Waals surface area contributed by atoms with Crippen molar-refractivity contribution in [2.75, 3.05) is 5.32 Å². The predicted octanol–water partition coefficient (Wildman–Crippen LogP) is 3.95. The summed E-state index contributed by atoms with van der Waals surface area (Å²) in [5.41, 5.74) is 3.46. The number of pyridine rings is 1. The number of anilines is 1. The van der Waals surface area contributed by atoms with E-state index in [1.165, 1.54) is 0 Å². The monoisotopic (exact) mass is 430 g/mol. The van der Waals surface area contributed by atoms with Gasteiger partial charge in [0.15, 0.2) is 5.65 Å². The molecule has 0 fully saturated rings. The Bertz CT molecular complexity index is 1080. The highest BCUT2D eigenvalue weighted by Gasteiger charge is 2.13. The molecule has 3 aromatic heterocycles. The lowest BCUT2D eigenvalue weighted by Crippen LogP contribution is -2.31. The third-order valence-corrected chi connectivity index (χ3v) is 4.77. The molecule has 0 aliphatic heterocycles. The molecule has 0 amide bonds. The second-order valence-corrected chi connectivity index (χ2v) is 6.92. The molecular weight excluding hydrogens is 418 g/mol. The van der Waals surface area contributed by atoms with Gasteiger partial charge in [0, 0.05) is 34.5 Å². The molecule has 4 rings (SSSR count). The van der Waals surface area contributed by atoms with Crippen LogP contribution in [0.5, 0.6) is 0 Å². The third-order valence-electron chi connectivity index (χ3n) is 3.91. The number of hydrogen-bond acceptors (Lipinski definition) is 4. The van der Waals surface area contributed by atoms with Gasteiger partial charge in [-0.3, -0.25) is 5.21 Å². The number of halogens is 2. The molecule has 0 aliphatic carbocycles. The molecule has 4 aromatic rings. The van der Waals surface area contributed by atoms with Gasteiger partial charge in [-0.15, -0.1) is 0 Å². The van der Waals surface area contributed by atoms with Gasteiger partial charge in [0.05, 0.1) is 16.4 Å². The minimum absolute atomic E-state index is 0.252.